The predicted molar refractivity (Wildman–Crippen MR) is 108 cm³/mol. The summed E-state index contributed by atoms with van der Waals surface area (Å²) in [6.45, 7) is 10.1. The van der Waals surface area contributed by atoms with Crippen LogP contribution in [0.3, 0.4) is 0 Å². The molecule has 0 amide bonds. The summed E-state index contributed by atoms with van der Waals surface area (Å²) in [6.07, 6.45) is 22.0. The zero-order valence-corrected chi connectivity index (χ0v) is 17.2. The molecule has 4 aliphatic rings. The lowest BCUT2D eigenvalue weighted by Gasteiger charge is -2.58. The maximum atomic E-state index is 2.72. The second-order valence-corrected chi connectivity index (χ2v) is 10.4. The lowest BCUT2D eigenvalue weighted by Crippen LogP contribution is -2.49. The van der Waals surface area contributed by atoms with Crippen LogP contribution in [0.25, 0.3) is 0 Å². The molecule has 0 aromatic heterocycles. The molecule has 0 nitrogen and oxygen atoms in total. The van der Waals surface area contributed by atoms with Gasteiger partial charge in [0, 0.05) is 0 Å². The van der Waals surface area contributed by atoms with Gasteiger partial charge in [0.1, 0.15) is 0 Å². The molecular weight excluding hydrogens is 300 g/mol. The molecule has 0 unspecified atom stereocenters. The van der Waals surface area contributed by atoms with Crippen LogP contribution in [0.4, 0.5) is 0 Å². The van der Waals surface area contributed by atoms with Gasteiger partial charge >= 0.3 is 0 Å². The van der Waals surface area contributed by atoms with Gasteiger partial charge in [-0.3, -0.25) is 0 Å². The van der Waals surface area contributed by atoms with Crippen LogP contribution in [0.5, 0.6) is 0 Å². The molecule has 3 fully saturated rings. The van der Waals surface area contributed by atoms with E-state index in [-0.39, 0.29) is 0 Å². The van der Waals surface area contributed by atoms with Crippen molar-refractivity contribution in [1.29, 1.82) is 0 Å². The molecule has 0 N–H and O–H groups in total. The Morgan fingerprint density at radius 3 is 2.76 bits per heavy atom. The highest BCUT2D eigenvalue weighted by atomic mass is 14.6. The van der Waals surface area contributed by atoms with Crippen LogP contribution in [-0.2, 0) is 0 Å². The summed E-state index contributed by atoms with van der Waals surface area (Å²) >= 11 is 0. The first-order valence-electron chi connectivity index (χ1n) is 11.4. The molecule has 0 saturated heterocycles. The Bertz CT molecular complexity index is 554. The van der Waals surface area contributed by atoms with Gasteiger partial charge in [-0.2, -0.15) is 0 Å². The van der Waals surface area contributed by atoms with Gasteiger partial charge in [-0.15, -0.1) is 0 Å². The van der Waals surface area contributed by atoms with E-state index < -0.39 is 0 Å². The first-order chi connectivity index (χ1) is 12.0. The Balaban J connectivity index is 1.59. The second kappa shape index (κ2) is 6.58. The van der Waals surface area contributed by atoms with Crippen LogP contribution in [0, 0.1) is 40.4 Å². The Morgan fingerprint density at radius 2 is 1.96 bits per heavy atom. The van der Waals surface area contributed by atoms with Crippen molar-refractivity contribution in [1.82, 2.24) is 0 Å². The minimum Gasteiger partial charge on any atom is -0.0885 e. The SMILES string of the molecule is CCC=C[C@@H](C)[C@H]1CC[C@H]2[C@@H]3CC=C4CCCC[C@]4(C)[C@H]3CC[C@]12C. The van der Waals surface area contributed by atoms with E-state index in [1.54, 1.807) is 0 Å². The fourth-order valence-electron chi connectivity index (χ4n) is 8.09. The predicted octanol–water partition coefficient (Wildman–Crippen LogP) is 7.56. The first-order valence-corrected chi connectivity index (χ1v) is 11.4. The second-order valence-electron chi connectivity index (χ2n) is 10.4. The molecule has 0 aromatic rings. The molecule has 140 valence electrons. The number of fused-ring (bicyclic) bond motifs is 5. The van der Waals surface area contributed by atoms with Gasteiger partial charge < -0.3 is 0 Å². The van der Waals surface area contributed by atoms with Crippen molar-refractivity contribution < 1.29 is 0 Å². The first kappa shape index (κ1) is 17.9. The van der Waals surface area contributed by atoms with Crippen LogP contribution in [0.1, 0.15) is 91.9 Å². The van der Waals surface area contributed by atoms with Crippen molar-refractivity contribution in [2.75, 3.05) is 0 Å². The van der Waals surface area contributed by atoms with E-state index in [1.807, 2.05) is 5.57 Å². The van der Waals surface area contributed by atoms with Crippen LogP contribution >= 0.6 is 0 Å². The Morgan fingerprint density at radius 1 is 1.12 bits per heavy atom. The average Bonchev–Trinajstić information content (AvgIpc) is 2.96. The van der Waals surface area contributed by atoms with E-state index in [4.69, 9.17) is 0 Å². The molecule has 0 radical (unpaired) electrons. The highest BCUT2D eigenvalue weighted by Gasteiger charge is 2.58. The maximum Gasteiger partial charge on any atom is -0.00853 e. The minimum absolute atomic E-state index is 0.564. The van der Waals surface area contributed by atoms with Crippen LogP contribution in [0.15, 0.2) is 23.8 Å². The molecular formula is C25H40. The normalized spacial score (nSPS) is 47.8. The van der Waals surface area contributed by atoms with E-state index >= 15 is 0 Å². The summed E-state index contributed by atoms with van der Waals surface area (Å²) < 4.78 is 0. The fourth-order valence-corrected chi connectivity index (χ4v) is 8.09. The van der Waals surface area contributed by atoms with E-state index in [2.05, 4.69) is 45.9 Å². The van der Waals surface area contributed by atoms with Crippen LogP contribution in [-0.4, -0.2) is 0 Å². The number of rotatable bonds is 3. The van der Waals surface area contributed by atoms with E-state index in [0.717, 1.165) is 29.6 Å². The van der Waals surface area contributed by atoms with Crippen molar-refractivity contribution in [3.63, 3.8) is 0 Å². The van der Waals surface area contributed by atoms with Gasteiger partial charge in [-0.25, -0.2) is 0 Å². The number of hydrogen-bond donors (Lipinski definition) is 0. The molecule has 0 spiro atoms. The zero-order chi connectivity index (χ0) is 17.7. The summed E-state index contributed by atoms with van der Waals surface area (Å²) in [6, 6.07) is 0. The molecule has 0 heterocycles. The van der Waals surface area contributed by atoms with Crippen LogP contribution in [0.2, 0.25) is 0 Å². The van der Waals surface area contributed by atoms with Gasteiger partial charge in [0.25, 0.3) is 0 Å². The van der Waals surface area contributed by atoms with Crippen molar-refractivity contribution in [3.8, 4) is 0 Å². The molecule has 0 aliphatic heterocycles. The molecule has 0 heteroatoms. The van der Waals surface area contributed by atoms with E-state index in [9.17, 15) is 0 Å². The standard InChI is InChI=1S/C25H40/c1-5-6-9-18(2)21-13-14-22-20-12-11-19-10-7-8-16-24(19,3)23(20)15-17-25(21,22)4/h6,9,11,18,20-23H,5,7-8,10,12-17H2,1-4H3/t18-,20+,21-,22+,23+,24+,25-/m1/s1. The lowest BCUT2D eigenvalue weighted by atomic mass is 9.47. The Kier molecular flexibility index (Phi) is 4.70. The molecule has 3 saturated carbocycles. The Hall–Kier alpha value is -0.520. The quantitative estimate of drug-likeness (QED) is 0.465. The summed E-state index contributed by atoms with van der Waals surface area (Å²) in [7, 11) is 0. The molecule has 25 heavy (non-hydrogen) atoms. The summed E-state index contributed by atoms with van der Waals surface area (Å²) in [4.78, 5) is 0. The third-order valence-electron chi connectivity index (χ3n) is 9.40. The third-order valence-corrected chi connectivity index (χ3v) is 9.40. The van der Waals surface area contributed by atoms with Gasteiger partial charge in [0.05, 0.1) is 0 Å². The third kappa shape index (κ3) is 2.69. The largest absolute Gasteiger partial charge is 0.0885 e. The molecule has 0 bridgehead atoms. The van der Waals surface area contributed by atoms with Gasteiger partial charge in [0.2, 0.25) is 0 Å². The highest BCUT2D eigenvalue weighted by molar-refractivity contribution is 5.24. The smallest absolute Gasteiger partial charge is 0.00853 e. The number of allylic oxidation sites excluding steroid dienone is 4. The molecule has 4 aliphatic carbocycles. The monoisotopic (exact) mass is 340 g/mol. The summed E-state index contributed by atoms with van der Waals surface area (Å²) in [5.41, 5.74) is 3.03. The van der Waals surface area contributed by atoms with Gasteiger partial charge in [0.15, 0.2) is 0 Å². The van der Waals surface area contributed by atoms with Crippen molar-refractivity contribution in [2.45, 2.75) is 91.9 Å². The molecule has 7 atom stereocenters. The van der Waals surface area contributed by atoms with Crippen molar-refractivity contribution in [2.24, 2.45) is 40.4 Å². The van der Waals surface area contributed by atoms with Crippen molar-refractivity contribution >= 4 is 0 Å². The molecule has 4 rings (SSSR count). The lowest BCUT2D eigenvalue weighted by molar-refractivity contribution is -0.0462. The topological polar surface area (TPSA) is 0 Å². The van der Waals surface area contributed by atoms with Crippen molar-refractivity contribution in [3.05, 3.63) is 23.8 Å². The van der Waals surface area contributed by atoms with Crippen LogP contribution < -0.4 is 0 Å². The summed E-state index contributed by atoms with van der Waals surface area (Å²) in [5.74, 6) is 4.66. The van der Waals surface area contributed by atoms with E-state index in [0.29, 0.717) is 10.8 Å². The van der Waals surface area contributed by atoms with E-state index in [1.165, 1.54) is 64.2 Å². The minimum atomic E-state index is 0.564. The number of hydrogen-bond acceptors (Lipinski definition) is 0. The summed E-state index contributed by atoms with van der Waals surface area (Å²) in [5, 5.41) is 0. The maximum absolute atomic E-state index is 2.72. The molecule has 0 aromatic carbocycles. The average molecular weight is 341 g/mol. The van der Waals surface area contributed by atoms with Gasteiger partial charge in [-0.05, 0) is 98.2 Å². The Labute approximate surface area is 156 Å². The zero-order valence-electron chi connectivity index (χ0n) is 17.2. The van der Waals surface area contributed by atoms with Gasteiger partial charge in [-0.1, -0.05) is 57.9 Å². The highest BCUT2D eigenvalue weighted by Crippen LogP contribution is 2.67. The fraction of sp³-hybridized carbons (Fsp3) is 0.840.